The van der Waals surface area contributed by atoms with Gasteiger partial charge in [-0.05, 0) is 24.5 Å². The second kappa shape index (κ2) is 6.72. The van der Waals surface area contributed by atoms with E-state index in [0.717, 1.165) is 5.56 Å². The molecule has 0 bridgehead atoms. The van der Waals surface area contributed by atoms with Gasteiger partial charge in [-0.3, -0.25) is 4.98 Å². The Bertz CT molecular complexity index is 462. The Balaban J connectivity index is 2.65. The van der Waals surface area contributed by atoms with Crippen LogP contribution in [-0.2, 0) is 4.79 Å². The quantitative estimate of drug-likeness (QED) is 0.759. The second-order valence-electron chi connectivity index (χ2n) is 4.55. The minimum Gasteiger partial charge on any atom is -0.480 e. The van der Waals surface area contributed by atoms with Crippen molar-refractivity contribution >= 4 is 17.7 Å². The molecule has 1 aromatic heterocycles. The predicted octanol–water partition coefficient (Wildman–Crippen LogP) is 2.01. The van der Waals surface area contributed by atoms with Gasteiger partial charge in [0.1, 0.15) is 6.04 Å². The molecule has 2 amide bonds. The zero-order chi connectivity index (χ0) is 14.4. The molecule has 0 saturated carbocycles. The molecule has 0 aliphatic rings. The first-order chi connectivity index (χ1) is 8.93. The second-order valence-corrected chi connectivity index (χ2v) is 4.55. The molecule has 2 atom stereocenters. The molecule has 0 aromatic carbocycles. The van der Waals surface area contributed by atoms with Crippen LogP contribution in [0.25, 0.3) is 0 Å². The number of hydrogen-bond acceptors (Lipinski definition) is 3. The number of carboxylic acid groups (broad SMARTS) is 1. The number of aromatic nitrogens is 1. The van der Waals surface area contributed by atoms with Crippen molar-refractivity contribution in [1.82, 2.24) is 10.3 Å². The van der Waals surface area contributed by atoms with Crippen molar-refractivity contribution < 1.29 is 14.7 Å². The maximum Gasteiger partial charge on any atom is 0.326 e. The lowest BCUT2D eigenvalue weighted by Crippen LogP contribution is -2.46. The fourth-order valence-electron chi connectivity index (χ4n) is 1.61. The van der Waals surface area contributed by atoms with E-state index in [1.165, 1.54) is 6.20 Å². The number of anilines is 1. The summed E-state index contributed by atoms with van der Waals surface area (Å²) in [5.41, 5.74) is 1.44. The van der Waals surface area contributed by atoms with E-state index in [1.54, 1.807) is 19.2 Å². The van der Waals surface area contributed by atoms with Crippen LogP contribution >= 0.6 is 0 Å². The molecular formula is C13H19N3O3. The predicted molar refractivity (Wildman–Crippen MR) is 72.0 cm³/mol. The molecule has 1 unspecified atom stereocenters. The molecule has 1 rings (SSSR count). The number of aryl methyl sites for hydroxylation is 1. The molecule has 104 valence electrons. The number of urea groups is 1. The van der Waals surface area contributed by atoms with Crippen molar-refractivity contribution in [1.29, 1.82) is 0 Å². The smallest absolute Gasteiger partial charge is 0.326 e. The van der Waals surface area contributed by atoms with Crippen molar-refractivity contribution in [2.45, 2.75) is 33.2 Å². The van der Waals surface area contributed by atoms with Gasteiger partial charge in [-0.25, -0.2) is 9.59 Å². The van der Waals surface area contributed by atoms with Crippen molar-refractivity contribution in [3.63, 3.8) is 0 Å². The summed E-state index contributed by atoms with van der Waals surface area (Å²) in [6.45, 7) is 5.52. The molecule has 0 radical (unpaired) electrons. The minimum absolute atomic E-state index is 0.140. The average Bonchev–Trinajstić information content (AvgIpc) is 2.34. The number of pyridine rings is 1. The number of nitrogens with zero attached hydrogens (tertiary/aromatic N) is 1. The van der Waals surface area contributed by atoms with Crippen LogP contribution in [0, 0.1) is 12.8 Å². The first-order valence-corrected chi connectivity index (χ1v) is 6.16. The zero-order valence-corrected chi connectivity index (χ0v) is 11.3. The maximum atomic E-state index is 11.7. The lowest BCUT2D eigenvalue weighted by Gasteiger charge is -2.20. The molecule has 1 aromatic rings. The summed E-state index contributed by atoms with van der Waals surface area (Å²) in [6, 6.07) is 0.314. The fourth-order valence-corrected chi connectivity index (χ4v) is 1.61. The van der Waals surface area contributed by atoms with Gasteiger partial charge in [-0.2, -0.15) is 0 Å². The summed E-state index contributed by atoms with van der Waals surface area (Å²) in [7, 11) is 0. The van der Waals surface area contributed by atoms with Crippen molar-refractivity contribution in [2.75, 3.05) is 5.32 Å². The molecule has 6 heteroatoms. The lowest BCUT2D eigenvalue weighted by molar-refractivity contribution is -0.140. The summed E-state index contributed by atoms with van der Waals surface area (Å²) < 4.78 is 0. The van der Waals surface area contributed by atoms with Crippen LogP contribution in [-0.4, -0.2) is 28.1 Å². The van der Waals surface area contributed by atoms with E-state index >= 15 is 0 Å². The molecule has 0 aliphatic carbocycles. The highest BCUT2D eigenvalue weighted by molar-refractivity contribution is 5.92. The van der Waals surface area contributed by atoms with Gasteiger partial charge in [0.15, 0.2) is 0 Å². The van der Waals surface area contributed by atoms with Crippen LogP contribution in [0.4, 0.5) is 10.5 Å². The molecule has 0 spiro atoms. The molecule has 0 saturated heterocycles. The molecule has 0 fully saturated rings. The van der Waals surface area contributed by atoms with Gasteiger partial charge in [0.2, 0.25) is 0 Å². The summed E-state index contributed by atoms with van der Waals surface area (Å²) >= 11 is 0. The zero-order valence-electron chi connectivity index (χ0n) is 11.3. The van der Waals surface area contributed by atoms with Gasteiger partial charge in [0, 0.05) is 6.20 Å². The van der Waals surface area contributed by atoms with Gasteiger partial charge in [-0.1, -0.05) is 20.3 Å². The standard InChI is InChI=1S/C13H19N3O3/c1-4-9(3)11(12(17)18)16-13(19)15-10-5-8(2)6-14-7-10/h5-7,9,11H,4H2,1-3H3,(H,17,18)(H2,15,16,19)/t9?,11-/m0/s1. The number of carbonyl (C=O) groups is 2. The van der Waals surface area contributed by atoms with Crippen LogP contribution in [0.5, 0.6) is 0 Å². The third kappa shape index (κ3) is 4.57. The first-order valence-electron chi connectivity index (χ1n) is 6.16. The van der Waals surface area contributed by atoms with E-state index in [4.69, 9.17) is 5.11 Å². The third-order valence-electron chi connectivity index (χ3n) is 2.90. The highest BCUT2D eigenvalue weighted by Crippen LogP contribution is 2.10. The largest absolute Gasteiger partial charge is 0.480 e. The number of amides is 2. The maximum absolute atomic E-state index is 11.7. The van der Waals surface area contributed by atoms with Crippen LogP contribution in [0.1, 0.15) is 25.8 Å². The molecule has 6 nitrogen and oxygen atoms in total. The van der Waals surface area contributed by atoms with Gasteiger partial charge >= 0.3 is 12.0 Å². The number of carbonyl (C=O) groups excluding carboxylic acids is 1. The van der Waals surface area contributed by atoms with Crippen LogP contribution < -0.4 is 10.6 Å². The number of aliphatic carboxylic acids is 1. The number of carboxylic acids is 1. The third-order valence-corrected chi connectivity index (χ3v) is 2.90. The summed E-state index contributed by atoms with van der Waals surface area (Å²) in [5.74, 6) is -1.18. The van der Waals surface area contributed by atoms with Gasteiger partial charge in [-0.15, -0.1) is 0 Å². The first kappa shape index (κ1) is 14.9. The van der Waals surface area contributed by atoms with Crippen molar-refractivity contribution in [3.05, 3.63) is 24.0 Å². The van der Waals surface area contributed by atoms with Crippen LogP contribution in [0.3, 0.4) is 0 Å². The SMILES string of the molecule is CCC(C)[C@H](NC(=O)Nc1cncc(C)c1)C(=O)O. The molecule has 19 heavy (non-hydrogen) atoms. The highest BCUT2D eigenvalue weighted by atomic mass is 16.4. The van der Waals surface area contributed by atoms with E-state index in [0.29, 0.717) is 12.1 Å². The average molecular weight is 265 g/mol. The van der Waals surface area contributed by atoms with Crippen molar-refractivity contribution in [2.24, 2.45) is 5.92 Å². The van der Waals surface area contributed by atoms with Crippen LogP contribution in [0.15, 0.2) is 18.5 Å². The van der Waals surface area contributed by atoms with Gasteiger partial charge in [0.25, 0.3) is 0 Å². The fraction of sp³-hybridized carbons (Fsp3) is 0.462. The Morgan fingerprint density at radius 2 is 2.11 bits per heavy atom. The number of nitrogens with one attached hydrogen (secondary N) is 2. The monoisotopic (exact) mass is 265 g/mol. The summed E-state index contributed by atoms with van der Waals surface area (Å²) in [5, 5.41) is 14.1. The van der Waals surface area contributed by atoms with E-state index in [9.17, 15) is 9.59 Å². The molecule has 0 aliphatic heterocycles. The Kier molecular flexibility index (Phi) is 5.29. The Labute approximate surface area is 112 Å². The Morgan fingerprint density at radius 1 is 1.42 bits per heavy atom. The normalized spacial score (nSPS) is 13.4. The van der Waals surface area contributed by atoms with Gasteiger partial charge in [0.05, 0.1) is 11.9 Å². The highest BCUT2D eigenvalue weighted by Gasteiger charge is 2.25. The van der Waals surface area contributed by atoms with E-state index in [-0.39, 0.29) is 5.92 Å². The van der Waals surface area contributed by atoms with Gasteiger partial charge < -0.3 is 15.7 Å². The Morgan fingerprint density at radius 3 is 2.63 bits per heavy atom. The molecular weight excluding hydrogens is 246 g/mol. The molecule has 1 heterocycles. The number of hydrogen-bond donors (Lipinski definition) is 3. The Hall–Kier alpha value is -2.11. The van der Waals surface area contributed by atoms with Crippen molar-refractivity contribution in [3.8, 4) is 0 Å². The van der Waals surface area contributed by atoms with E-state index in [1.807, 2.05) is 13.8 Å². The lowest BCUT2D eigenvalue weighted by atomic mass is 9.99. The summed E-state index contributed by atoms with van der Waals surface area (Å²) in [4.78, 5) is 26.8. The molecule has 3 N–H and O–H groups in total. The summed E-state index contributed by atoms with van der Waals surface area (Å²) in [6.07, 6.45) is 3.84. The topological polar surface area (TPSA) is 91.3 Å². The van der Waals surface area contributed by atoms with E-state index < -0.39 is 18.0 Å². The minimum atomic E-state index is -1.04. The van der Waals surface area contributed by atoms with Crippen LogP contribution in [0.2, 0.25) is 0 Å². The number of rotatable bonds is 5. The van der Waals surface area contributed by atoms with E-state index in [2.05, 4.69) is 15.6 Å².